The lowest BCUT2D eigenvalue weighted by Gasteiger charge is -2.11. The molecule has 5 heteroatoms. The minimum absolute atomic E-state index is 0.0254. The molecule has 15 heavy (non-hydrogen) atoms. The van der Waals surface area contributed by atoms with Crippen LogP contribution in [0.1, 0.15) is 25.0 Å². The molecule has 0 spiro atoms. The van der Waals surface area contributed by atoms with Gasteiger partial charge in [0, 0.05) is 18.7 Å². The molecule has 1 atom stereocenters. The van der Waals surface area contributed by atoms with Crippen molar-refractivity contribution in [2.75, 3.05) is 19.8 Å². The zero-order valence-corrected chi connectivity index (χ0v) is 8.89. The maximum Gasteiger partial charge on any atom is 0.232 e. The van der Waals surface area contributed by atoms with Crippen LogP contribution in [0, 0.1) is 0 Å². The molecular formula is C10H17N3O2. The van der Waals surface area contributed by atoms with E-state index in [1.807, 2.05) is 6.92 Å². The van der Waals surface area contributed by atoms with Crippen LogP contribution in [-0.2, 0) is 0 Å². The molecule has 0 aliphatic rings. The summed E-state index contributed by atoms with van der Waals surface area (Å²) in [5.74, 6) is 0.323. The third kappa shape index (κ3) is 3.45. The van der Waals surface area contributed by atoms with E-state index in [9.17, 15) is 0 Å². The Morgan fingerprint density at radius 3 is 2.93 bits per heavy atom. The Kier molecular flexibility index (Phi) is 5.00. The number of hydrogen-bond acceptors (Lipinski definition) is 5. The molecule has 0 saturated carbocycles. The van der Waals surface area contributed by atoms with Crippen LogP contribution in [0.15, 0.2) is 12.4 Å². The fourth-order valence-corrected chi connectivity index (χ4v) is 1.12. The molecule has 0 saturated heterocycles. The Morgan fingerprint density at radius 2 is 2.33 bits per heavy atom. The number of aromatic nitrogens is 2. The Labute approximate surface area is 89.3 Å². The second-order valence-electron chi connectivity index (χ2n) is 3.25. The lowest BCUT2D eigenvalue weighted by molar-refractivity contribution is 0.262. The van der Waals surface area contributed by atoms with Gasteiger partial charge in [-0.3, -0.25) is 4.98 Å². The number of nitrogens with two attached hydrogens (primary N) is 1. The molecule has 0 bridgehead atoms. The summed E-state index contributed by atoms with van der Waals surface area (Å²) in [7, 11) is 0. The second kappa shape index (κ2) is 6.31. The second-order valence-corrected chi connectivity index (χ2v) is 3.25. The van der Waals surface area contributed by atoms with Crippen molar-refractivity contribution in [1.29, 1.82) is 0 Å². The molecule has 1 unspecified atom stereocenters. The molecule has 0 amide bonds. The first-order valence-corrected chi connectivity index (χ1v) is 5.07. The average molecular weight is 211 g/mol. The number of hydrogen-bond donors (Lipinski definition) is 2. The van der Waals surface area contributed by atoms with Gasteiger partial charge < -0.3 is 15.6 Å². The quantitative estimate of drug-likeness (QED) is 0.707. The first-order valence-electron chi connectivity index (χ1n) is 5.07. The summed E-state index contributed by atoms with van der Waals surface area (Å²) in [6.07, 6.45) is 4.09. The standard InChI is InChI=1S/C10H17N3O2/c1-2-3-15-10-6-12-5-9(13-10)8(4-11)7-14/h5-6,8,14H,2-4,7,11H2,1H3. The summed E-state index contributed by atoms with van der Waals surface area (Å²) < 4.78 is 5.34. The van der Waals surface area contributed by atoms with Crippen LogP contribution in [0.2, 0.25) is 0 Å². The predicted octanol–water partition coefficient (Wildman–Crippen LogP) is 0.300. The Morgan fingerprint density at radius 1 is 1.53 bits per heavy atom. The van der Waals surface area contributed by atoms with Crippen LogP contribution in [-0.4, -0.2) is 34.8 Å². The first kappa shape index (κ1) is 11.9. The first-order chi connectivity index (χ1) is 7.31. The topological polar surface area (TPSA) is 81.3 Å². The van der Waals surface area contributed by atoms with Crippen molar-refractivity contribution in [3.05, 3.63) is 18.1 Å². The minimum atomic E-state index is -0.164. The maximum absolute atomic E-state index is 9.06. The van der Waals surface area contributed by atoms with Crippen LogP contribution >= 0.6 is 0 Å². The van der Waals surface area contributed by atoms with Gasteiger partial charge in [0.25, 0.3) is 0 Å². The third-order valence-corrected chi connectivity index (χ3v) is 2.01. The van der Waals surface area contributed by atoms with Crippen LogP contribution in [0.25, 0.3) is 0 Å². The number of ether oxygens (including phenoxy) is 1. The van der Waals surface area contributed by atoms with Crippen molar-refractivity contribution in [2.24, 2.45) is 5.73 Å². The van der Waals surface area contributed by atoms with Gasteiger partial charge in [-0.2, -0.15) is 0 Å². The highest BCUT2D eigenvalue weighted by Gasteiger charge is 2.11. The van der Waals surface area contributed by atoms with Gasteiger partial charge in [-0.05, 0) is 6.42 Å². The van der Waals surface area contributed by atoms with Gasteiger partial charge in [0.05, 0.1) is 25.1 Å². The highest BCUT2D eigenvalue weighted by molar-refractivity contribution is 5.12. The van der Waals surface area contributed by atoms with Crippen LogP contribution in [0.4, 0.5) is 0 Å². The minimum Gasteiger partial charge on any atom is -0.477 e. The number of aliphatic hydroxyl groups is 1. The summed E-state index contributed by atoms with van der Waals surface area (Å²) >= 11 is 0. The van der Waals surface area contributed by atoms with Gasteiger partial charge in [-0.15, -0.1) is 0 Å². The van der Waals surface area contributed by atoms with E-state index in [-0.39, 0.29) is 12.5 Å². The Bertz CT molecular complexity index is 290. The average Bonchev–Trinajstić information content (AvgIpc) is 2.29. The highest BCUT2D eigenvalue weighted by atomic mass is 16.5. The Balaban J connectivity index is 2.72. The highest BCUT2D eigenvalue weighted by Crippen LogP contribution is 2.13. The van der Waals surface area contributed by atoms with Crippen molar-refractivity contribution in [3.8, 4) is 5.88 Å². The largest absolute Gasteiger partial charge is 0.477 e. The van der Waals surface area contributed by atoms with E-state index in [0.717, 1.165) is 6.42 Å². The molecule has 1 rings (SSSR count). The monoisotopic (exact) mass is 211 g/mol. The molecule has 1 heterocycles. The summed E-state index contributed by atoms with van der Waals surface area (Å²) in [4.78, 5) is 8.23. The summed E-state index contributed by atoms with van der Waals surface area (Å²) in [5, 5.41) is 9.06. The van der Waals surface area contributed by atoms with Crippen molar-refractivity contribution in [1.82, 2.24) is 9.97 Å². The van der Waals surface area contributed by atoms with E-state index >= 15 is 0 Å². The van der Waals surface area contributed by atoms with Crippen LogP contribution in [0.3, 0.4) is 0 Å². The van der Waals surface area contributed by atoms with Crippen molar-refractivity contribution in [2.45, 2.75) is 19.3 Å². The lowest BCUT2D eigenvalue weighted by atomic mass is 10.1. The van der Waals surface area contributed by atoms with Gasteiger partial charge in [-0.25, -0.2) is 4.98 Å². The molecule has 0 fully saturated rings. The van der Waals surface area contributed by atoms with E-state index < -0.39 is 0 Å². The predicted molar refractivity (Wildman–Crippen MR) is 56.7 cm³/mol. The fourth-order valence-electron chi connectivity index (χ4n) is 1.12. The maximum atomic E-state index is 9.06. The molecule has 84 valence electrons. The molecule has 3 N–H and O–H groups in total. The van der Waals surface area contributed by atoms with E-state index in [1.165, 1.54) is 0 Å². The van der Waals surface area contributed by atoms with E-state index in [1.54, 1.807) is 12.4 Å². The molecular weight excluding hydrogens is 194 g/mol. The van der Waals surface area contributed by atoms with Crippen molar-refractivity contribution in [3.63, 3.8) is 0 Å². The third-order valence-electron chi connectivity index (χ3n) is 2.01. The van der Waals surface area contributed by atoms with Gasteiger partial charge in [0.1, 0.15) is 0 Å². The molecule has 5 nitrogen and oxygen atoms in total. The van der Waals surface area contributed by atoms with Crippen molar-refractivity contribution >= 4 is 0 Å². The molecule has 1 aromatic rings. The van der Waals surface area contributed by atoms with Gasteiger partial charge >= 0.3 is 0 Å². The number of rotatable bonds is 6. The zero-order chi connectivity index (χ0) is 11.1. The van der Waals surface area contributed by atoms with Crippen LogP contribution in [0.5, 0.6) is 5.88 Å². The lowest BCUT2D eigenvalue weighted by Crippen LogP contribution is -2.17. The number of nitrogens with zero attached hydrogens (tertiary/aromatic N) is 2. The zero-order valence-electron chi connectivity index (χ0n) is 8.89. The summed E-state index contributed by atoms with van der Waals surface area (Å²) in [6.45, 7) is 2.96. The SMILES string of the molecule is CCCOc1cncc(C(CN)CO)n1. The van der Waals surface area contributed by atoms with E-state index in [2.05, 4.69) is 9.97 Å². The van der Waals surface area contributed by atoms with Gasteiger partial charge in [-0.1, -0.05) is 6.92 Å². The molecule has 0 radical (unpaired) electrons. The normalized spacial score (nSPS) is 12.5. The smallest absolute Gasteiger partial charge is 0.232 e. The fraction of sp³-hybridized carbons (Fsp3) is 0.600. The van der Waals surface area contributed by atoms with Crippen LogP contribution < -0.4 is 10.5 Å². The molecule has 0 aliphatic heterocycles. The molecule has 0 aliphatic carbocycles. The van der Waals surface area contributed by atoms with E-state index in [4.69, 9.17) is 15.6 Å². The van der Waals surface area contributed by atoms with Gasteiger partial charge in [0.2, 0.25) is 5.88 Å². The van der Waals surface area contributed by atoms with Crippen molar-refractivity contribution < 1.29 is 9.84 Å². The summed E-state index contributed by atoms with van der Waals surface area (Å²) in [5.41, 5.74) is 6.17. The molecule has 1 aromatic heterocycles. The van der Waals surface area contributed by atoms with E-state index in [0.29, 0.717) is 24.7 Å². The Hall–Kier alpha value is -1.20. The van der Waals surface area contributed by atoms with Gasteiger partial charge in [0.15, 0.2) is 0 Å². The number of aliphatic hydroxyl groups excluding tert-OH is 1. The summed E-state index contributed by atoms with van der Waals surface area (Å²) in [6, 6.07) is 0. The molecule has 0 aromatic carbocycles.